The zero-order chi connectivity index (χ0) is 8.81. The van der Waals surface area contributed by atoms with Gasteiger partial charge in [-0.25, -0.2) is 0 Å². The van der Waals surface area contributed by atoms with Crippen molar-refractivity contribution in [1.29, 1.82) is 0 Å². The molecule has 0 fully saturated rings. The zero-order valence-corrected chi connectivity index (χ0v) is 7.08. The molecular weight excluding hydrogens is 172 g/mol. The van der Waals surface area contributed by atoms with Crippen molar-refractivity contribution >= 4 is 23.5 Å². The number of nitrogens with zero attached hydrogens (tertiary/aromatic N) is 2. The molecule has 5 heteroatoms. The molecule has 0 amide bonds. The topological polar surface area (TPSA) is 63.3 Å². The van der Waals surface area contributed by atoms with Crippen LogP contribution in [0.4, 0.5) is 0 Å². The molecule has 1 heterocycles. The second-order valence-electron chi connectivity index (χ2n) is 2.01. The van der Waals surface area contributed by atoms with Gasteiger partial charge < -0.3 is 5.73 Å². The Morgan fingerprint density at radius 2 is 2.25 bits per heavy atom. The third-order valence-electron chi connectivity index (χ3n) is 1.09. The van der Waals surface area contributed by atoms with Crippen LogP contribution in [-0.2, 0) is 0 Å². The monoisotopic (exact) mass is 180 g/mol. The third kappa shape index (κ3) is 3.07. The summed E-state index contributed by atoms with van der Waals surface area (Å²) in [6, 6.07) is 3.65. The molecule has 0 spiro atoms. The van der Waals surface area contributed by atoms with Crippen molar-refractivity contribution < 1.29 is 0 Å². The zero-order valence-electron chi connectivity index (χ0n) is 6.27. The number of pyridine rings is 1. The van der Waals surface area contributed by atoms with E-state index in [0.717, 1.165) is 5.56 Å². The summed E-state index contributed by atoms with van der Waals surface area (Å²) < 4.78 is 0. The summed E-state index contributed by atoms with van der Waals surface area (Å²) in [7, 11) is 0. The van der Waals surface area contributed by atoms with Crippen LogP contribution >= 0.6 is 12.2 Å². The first-order valence-electron chi connectivity index (χ1n) is 3.27. The standard InChI is InChI=1S/C7H8N4S/c8-7(12)11-10-5-6-1-3-9-4-2-6/h1-5H,(H3,8,11,12). The molecule has 12 heavy (non-hydrogen) atoms. The van der Waals surface area contributed by atoms with Crippen LogP contribution in [0, 0.1) is 0 Å². The minimum absolute atomic E-state index is 0.153. The van der Waals surface area contributed by atoms with Gasteiger partial charge in [-0.15, -0.1) is 0 Å². The number of thiocarbonyl (C=S) groups is 1. The van der Waals surface area contributed by atoms with Crippen molar-refractivity contribution in [2.75, 3.05) is 0 Å². The molecule has 0 aliphatic heterocycles. The first-order chi connectivity index (χ1) is 5.79. The van der Waals surface area contributed by atoms with Crippen molar-refractivity contribution in [3.63, 3.8) is 0 Å². The molecule has 62 valence electrons. The van der Waals surface area contributed by atoms with Crippen molar-refractivity contribution in [3.05, 3.63) is 30.1 Å². The molecule has 0 unspecified atom stereocenters. The van der Waals surface area contributed by atoms with Gasteiger partial charge in [-0.05, 0) is 29.9 Å². The Hall–Kier alpha value is -1.49. The maximum atomic E-state index is 5.15. The van der Waals surface area contributed by atoms with E-state index in [1.165, 1.54) is 0 Å². The van der Waals surface area contributed by atoms with Crippen LogP contribution in [0.15, 0.2) is 29.6 Å². The van der Waals surface area contributed by atoms with Gasteiger partial charge in [0.15, 0.2) is 5.11 Å². The van der Waals surface area contributed by atoms with E-state index in [-0.39, 0.29) is 5.11 Å². The van der Waals surface area contributed by atoms with E-state index in [0.29, 0.717) is 0 Å². The first kappa shape index (κ1) is 8.61. The van der Waals surface area contributed by atoms with Crippen LogP contribution in [0.3, 0.4) is 0 Å². The molecule has 0 bridgehead atoms. The van der Waals surface area contributed by atoms with Gasteiger partial charge in [0.05, 0.1) is 6.21 Å². The van der Waals surface area contributed by atoms with Gasteiger partial charge in [-0.2, -0.15) is 5.10 Å². The van der Waals surface area contributed by atoms with Crippen molar-refractivity contribution in [2.45, 2.75) is 0 Å². The highest BCUT2D eigenvalue weighted by Gasteiger charge is 1.83. The van der Waals surface area contributed by atoms with E-state index >= 15 is 0 Å². The smallest absolute Gasteiger partial charge is 0.184 e. The van der Waals surface area contributed by atoms with Gasteiger partial charge in [0, 0.05) is 12.4 Å². The number of hydrogen-bond donors (Lipinski definition) is 2. The predicted octanol–water partition coefficient (Wildman–Crippen LogP) is 0.249. The van der Waals surface area contributed by atoms with Gasteiger partial charge in [-0.1, -0.05) is 0 Å². The summed E-state index contributed by atoms with van der Waals surface area (Å²) in [5.41, 5.74) is 8.54. The first-order valence-corrected chi connectivity index (χ1v) is 3.68. The van der Waals surface area contributed by atoms with Crippen LogP contribution < -0.4 is 11.2 Å². The molecular formula is C7H8N4S. The third-order valence-corrected chi connectivity index (χ3v) is 1.19. The molecule has 3 N–H and O–H groups in total. The molecule has 4 nitrogen and oxygen atoms in total. The summed E-state index contributed by atoms with van der Waals surface area (Å²) in [4.78, 5) is 3.86. The number of hydrazone groups is 1. The maximum Gasteiger partial charge on any atom is 0.184 e. The Balaban J connectivity index is 2.52. The highest BCUT2D eigenvalue weighted by molar-refractivity contribution is 7.80. The molecule has 0 saturated heterocycles. The Morgan fingerprint density at radius 1 is 1.58 bits per heavy atom. The molecule has 1 aromatic heterocycles. The second kappa shape index (κ2) is 4.40. The Kier molecular flexibility index (Phi) is 3.16. The molecule has 0 aliphatic rings. The summed E-state index contributed by atoms with van der Waals surface area (Å²) in [6.07, 6.45) is 4.98. The average Bonchev–Trinajstić information content (AvgIpc) is 2.05. The highest BCUT2D eigenvalue weighted by Crippen LogP contribution is 1.89. The van der Waals surface area contributed by atoms with Crippen molar-refractivity contribution in [3.8, 4) is 0 Å². The summed E-state index contributed by atoms with van der Waals surface area (Å²) in [6.45, 7) is 0. The van der Waals surface area contributed by atoms with E-state index in [4.69, 9.17) is 5.73 Å². The van der Waals surface area contributed by atoms with Gasteiger partial charge in [0.1, 0.15) is 0 Å². The molecule has 1 aromatic rings. The predicted molar refractivity (Wildman–Crippen MR) is 51.8 cm³/mol. The summed E-state index contributed by atoms with van der Waals surface area (Å²) >= 11 is 4.55. The molecule has 0 atom stereocenters. The number of rotatable bonds is 2. The Morgan fingerprint density at radius 3 is 2.83 bits per heavy atom. The van der Waals surface area contributed by atoms with Crippen LogP contribution in [0.2, 0.25) is 0 Å². The van der Waals surface area contributed by atoms with E-state index in [1.807, 2.05) is 12.1 Å². The van der Waals surface area contributed by atoms with Crippen molar-refractivity contribution in [1.82, 2.24) is 10.4 Å². The van der Waals surface area contributed by atoms with E-state index in [2.05, 4.69) is 27.7 Å². The maximum absolute atomic E-state index is 5.15. The van der Waals surface area contributed by atoms with Gasteiger partial charge >= 0.3 is 0 Å². The van der Waals surface area contributed by atoms with Gasteiger partial charge in [0.2, 0.25) is 0 Å². The Labute approximate surface area is 75.5 Å². The van der Waals surface area contributed by atoms with E-state index < -0.39 is 0 Å². The lowest BCUT2D eigenvalue weighted by Crippen LogP contribution is -2.23. The fourth-order valence-corrected chi connectivity index (χ4v) is 0.673. The molecule has 0 radical (unpaired) electrons. The van der Waals surface area contributed by atoms with E-state index in [1.54, 1.807) is 18.6 Å². The summed E-state index contributed by atoms with van der Waals surface area (Å²) in [5.74, 6) is 0. The van der Waals surface area contributed by atoms with Crippen LogP contribution in [0.5, 0.6) is 0 Å². The van der Waals surface area contributed by atoms with Gasteiger partial charge in [0.25, 0.3) is 0 Å². The lowest BCUT2D eigenvalue weighted by atomic mass is 10.3. The van der Waals surface area contributed by atoms with E-state index in [9.17, 15) is 0 Å². The second-order valence-corrected chi connectivity index (χ2v) is 2.45. The fraction of sp³-hybridized carbons (Fsp3) is 0. The largest absolute Gasteiger partial charge is 0.375 e. The molecule has 0 saturated carbocycles. The average molecular weight is 180 g/mol. The fourth-order valence-electron chi connectivity index (χ4n) is 0.620. The lowest BCUT2D eigenvalue weighted by molar-refractivity contribution is 1.04. The summed E-state index contributed by atoms with van der Waals surface area (Å²) in [5, 5.41) is 3.93. The van der Waals surface area contributed by atoms with Crippen LogP contribution in [0.1, 0.15) is 5.56 Å². The van der Waals surface area contributed by atoms with Crippen molar-refractivity contribution in [2.24, 2.45) is 10.8 Å². The normalized spacial score (nSPS) is 10.0. The lowest BCUT2D eigenvalue weighted by Gasteiger charge is -1.93. The number of nitrogens with two attached hydrogens (primary N) is 1. The quantitative estimate of drug-likeness (QED) is 0.389. The van der Waals surface area contributed by atoms with Gasteiger partial charge in [-0.3, -0.25) is 10.4 Å². The number of nitrogens with one attached hydrogen (secondary N) is 1. The van der Waals surface area contributed by atoms with Crippen LogP contribution in [-0.4, -0.2) is 16.3 Å². The SMILES string of the molecule is NC(=S)NN=Cc1ccncc1. The highest BCUT2D eigenvalue weighted by atomic mass is 32.1. The molecule has 1 rings (SSSR count). The minimum Gasteiger partial charge on any atom is -0.375 e. The number of hydrogen-bond acceptors (Lipinski definition) is 3. The Bertz CT molecular complexity index is 283. The molecule has 0 aromatic carbocycles. The molecule has 0 aliphatic carbocycles. The minimum atomic E-state index is 0.153. The van der Waals surface area contributed by atoms with Crippen LogP contribution in [0.25, 0.3) is 0 Å². The number of aromatic nitrogens is 1.